The molecule has 0 radical (unpaired) electrons. The highest BCUT2D eigenvalue weighted by atomic mass is 19.1. The minimum atomic E-state index is -0.308. The number of hydrogen-bond acceptors (Lipinski definition) is 3. The minimum absolute atomic E-state index is 0.0211. The Labute approximate surface area is 205 Å². The first-order chi connectivity index (χ1) is 17.1. The maximum absolute atomic E-state index is 14.1. The van der Waals surface area contributed by atoms with Gasteiger partial charge in [-0.2, -0.15) is 0 Å². The average molecular weight is 473 g/mol. The third-order valence-corrected chi connectivity index (χ3v) is 6.72. The van der Waals surface area contributed by atoms with E-state index in [0.717, 1.165) is 19.5 Å². The summed E-state index contributed by atoms with van der Waals surface area (Å²) in [5.41, 5.74) is 2.95. The number of amides is 3. The van der Waals surface area contributed by atoms with Gasteiger partial charge in [-0.15, -0.1) is 0 Å². The van der Waals surface area contributed by atoms with Gasteiger partial charge >= 0.3 is 6.03 Å². The monoisotopic (exact) mass is 472 g/mol. The first kappa shape index (κ1) is 22.9. The van der Waals surface area contributed by atoms with Crippen LogP contribution in [0.15, 0.2) is 78.9 Å². The molecule has 3 aromatic carbocycles. The van der Waals surface area contributed by atoms with Gasteiger partial charge in [0.15, 0.2) is 0 Å². The number of nitrogens with zero attached hydrogens (tertiary/aromatic N) is 4. The summed E-state index contributed by atoms with van der Waals surface area (Å²) in [6.45, 7) is 4.24. The summed E-state index contributed by atoms with van der Waals surface area (Å²) in [5.74, 6) is -0.329. The van der Waals surface area contributed by atoms with Gasteiger partial charge in [0, 0.05) is 61.8 Å². The number of piperazine rings is 1. The van der Waals surface area contributed by atoms with Gasteiger partial charge in [-0.3, -0.25) is 9.69 Å². The van der Waals surface area contributed by atoms with E-state index in [4.69, 9.17) is 0 Å². The number of benzene rings is 3. The highest BCUT2D eigenvalue weighted by Crippen LogP contribution is 2.24. The molecule has 0 spiro atoms. The zero-order chi connectivity index (χ0) is 24.2. The lowest BCUT2D eigenvalue weighted by Gasteiger charge is -2.37. The van der Waals surface area contributed by atoms with Crippen LogP contribution in [0.1, 0.15) is 22.3 Å². The molecule has 3 amide bonds. The van der Waals surface area contributed by atoms with Crippen LogP contribution < -0.4 is 9.80 Å². The van der Waals surface area contributed by atoms with E-state index in [2.05, 4.69) is 17.0 Å². The zero-order valence-electron chi connectivity index (χ0n) is 19.6. The van der Waals surface area contributed by atoms with Gasteiger partial charge in [-0.1, -0.05) is 42.5 Å². The highest BCUT2D eigenvalue weighted by molar-refractivity contribution is 5.98. The van der Waals surface area contributed by atoms with Crippen LogP contribution >= 0.6 is 0 Å². The SMILES string of the molecule is O=C(c1cccc(N2CCCN(Cc3ccccc3F)C2=O)c1)N1CCN(c2ccccc2)CC1. The van der Waals surface area contributed by atoms with Crippen molar-refractivity contribution in [2.24, 2.45) is 0 Å². The molecule has 35 heavy (non-hydrogen) atoms. The number of hydrogen-bond donors (Lipinski definition) is 0. The molecular weight excluding hydrogens is 443 g/mol. The fraction of sp³-hybridized carbons (Fsp3) is 0.286. The molecule has 0 unspecified atom stereocenters. The third-order valence-electron chi connectivity index (χ3n) is 6.72. The van der Waals surface area contributed by atoms with Crippen molar-refractivity contribution in [1.82, 2.24) is 9.80 Å². The van der Waals surface area contributed by atoms with Crippen LogP contribution in [0.5, 0.6) is 0 Å². The van der Waals surface area contributed by atoms with E-state index in [0.29, 0.717) is 43.0 Å². The van der Waals surface area contributed by atoms with Crippen LogP contribution in [0.25, 0.3) is 0 Å². The average Bonchev–Trinajstić information content (AvgIpc) is 2.91. The van der Waals surface area contributed by atoms with Crippen LogP contribution in [0.2, 0.25) is 0 Å². The van der Waals surface area contributed by atoms with Crippen molar-refractivity contribution in [3.05, 3.63) is 95.8 Å². The maximum Gasteiger partial charge on any atom is 0.324 e. The van der Waals surface area contributed by atoms with Crippen LogP contribution in [-0.4, -0.2) is 61.0 Å². The van der Waals surface area contributed by atoms with E-state index in [1.807, 2.05) is 35.2 Å². The van der Waals surface area contributed by atoms with E-state index in [9.17, 15) is 14.0 Å². The Morgan fingerprint density at radius 3 is 2.26 bits per heavy atom. The smallest absolute Gasteiger partial charge is 0.324 e. The molecule has 5 rings (SSSR count). The predicted octanol–water partition coefficient (Wildman–Crippen LogP) is 4.62. The van der Waals surface area contributed by atoms with Crippen LogP contribution in [-0.2, 0) is 6.54 Å². The fourth-order valence-corrected chi connectivity index (χ4v) is 4.80. The van der Waals surface area contributed by atoms with Crippen LogP contribution in [0, 0.1) is 5.82 Å². The summed E-state index contributed by atoms with van der Waals surface area (Å²) >= 11 is 0. The van der Waals surface area contributed by atoms with E-state index in [-0.39, 0.29) is 24.3 Å². The van der Waals surface area contributed by atoms with E-state index >= 15 is 0 Å². The molecular formula is C28H29FN4O2. The third kappa shape index (κ3) is 4.99. The van der Waals surface area contributed by atoms with Crippen LogP contribution in [0.4, 0.5) is 20.6 Å². The van der Waals surface area contributed by atoms with Crippen molar-refractivity contribution in [2.45, 2.75) is 13.0 Å². The molecule has 0 saturated carbocycles. The van der Waals surface area contributed by atoms with Crippen molar-refractivity contribution in [2.75, 3.05) is 49.1 Å². The van der Waals surface area contributed by atoms with Gasteiger partial charge in [0.25, 0.3) is 5.91 Å². The predicted molar refractivity (Wildman–Crippen MR) is 135 cm³/mol. The Balaban J connectivity index is 1.26. The molecule has 0 atom stereocenters. The maximum atomic E-state index is 14.1. The number of para-hydroxylation sites is 1. The van der Waals surface area contributed by atoms with Gasteiger partial charge in [-0.05, 0) is 42.8 Å². The van der Waals surface area contributed by atoms with Crippen molar-refractivity contribution in [1.29, 1.82) is 0 Å². The lowest BCUT2D eigenvalue weighted by molar-refractivity contribution is 0.0746. The molecule has 6 nitrogen and oxygen atoms in total. The lowest BCUT2D eigenvalue weighted by Crippen LogP contribution is -2.49. The lowest BCUT2D eigenvalue weighted by atomic mass is 10.1. The number of halogens is 1. The Morgan fingerprint density at radius 1 is 0.771 bits per heavy atom. The summed E-state index contributed by atoms with van der Waals surface area (Å²) in [6, 6.07) is 23.9. The molecule has 0 bridgehead atoms. The number of anilines is 2. The van der Waals surface area contributed by atoms with Crippen LogP contribution in [0.3, 0.4) is 0 Å². The van der Waals surface area contributed by atoms with Crippen molar-refractivity contribution >= 4 is 23.3 Å². The van der Waals surface area contributed by atoms with E-state index in [1.165, 1.54) is 11.8 Å². The largest absolute Gasteiger partial charge is 0.368 e. The van der Waals surface area contributed by atoms with Gasteiger partial charge < -0.3 is 14.7 Å². The standard InChI is InChI=1S/C28H29FN4O2/c29-26-13-5-4-8-23(26)21-32-14-7-15-33(28(32)35)25-12-6-9-22(20-25)27(34)31-18-16-30(17-19-31)24-10-2-1-3-11-24/h1-6,8-13,20H,7,14-19,21H2. The van der Waals surface area contributed by atoms with E-state index in [1.54, 1.807) is 40.1 Å². The Hall–Kier alpha value is -3.87. The fourth-order valence-electron chi connectivity index (χ4n) is 4.80. The molecule has 3 aromatic rings. The van der Waals surface area contributed by atoms with Crippen molar-refractivity contribution in [3.63, 3.8) is 0 Å². The van der Waals surface area contributed by atoms with Gasteiger partial charge in [0.05, 0.1) is 6.54 Å². The molecule has 180 valence electrons. The summed E-state index contributed by atoms with van der Waals surface area (Å²) in [6.07, 6.45) is 0.778. The molecule has 2 fully saturated rings. The van der Waals surface area contributed by atoms with Crippen molar-refractivity contribution < 1.29 is 14.0 Å². The quantitative estimate of drug-likeness (QED) is 0.545. The molecule has 2 saturated heterocycles. The topological polar surface area (TPSA) is 47.1 Å². The molecule has 0 aliphatic carbocycles. The number of urea groups is 1. The normalized spacial score (nSPS) is 16.5. The molecule has 7 heteroatoms. The minimum Gasteiger partial charge on any atom is -0.368 e. The second-order valence-corrected chi connectivity index (χ2v) is 8.97. The summed E-state index contributed by atoms with van der Waals surface area (Å²) < 4.78 is 14.1. The second kappa shape index (κ2) is 10.2. The molecule has 2 aliphatic rings. The molecule has 2 aliphatic heterocycles. The highest BCUT2D eigenvalue weighted by Gasteiger charge is 2.28. The Bertz CT molecular complexity index is 1190. The number of rotatable bonds is 5. The zero-order valence-corrected chi connectivity index (χ0v) is 19.6. The second-order valence-electron chi connectivity index (χ2n) is 8.97. The summed E-state index contributed by atoms with van der Waals surface area (Å²) in [5, 5.41) is 0. The van der Waals surface area contributed by atoms with Gasteiger partial charge in [-0.25, -0.2) is 9.18 Å². The number of carbonyl (C=O) groups excluding carboxylic acids is 2. The van der Waals surface area contributed by atoms with Gasteiger partial charge in [0.1, 0.15) is 5.82 Å². The van der Waals surface area contributed by atoms with Crippen molar-refractivity contribution in [3.8, 4) is 0 Å². The molecule has 2 heterocycles. The summed E-state index contributed by atoms with van der Waals surface area (Å²) in [7, 11) is 0. The Kier molecular flexibility index (Phi) is 6.66. The first-order valence-corrected chi connectivity index (χ1v) is 12.1. The first-order valence-electron chi connectivity index (χ1n) is 12.1. The number of carbonyl (C=O) groups is 2. The van der Waals surface area contributed by atoms with E-state index < -0.39 is 0 Å². The Morgan fingerprint density at radius 2 is 1.49 bits per heavy atom. The summed E-state index contributed by atoms with van der Waals surface area (Å²) in [4.78, 5) is 34.0. The van der Waals surface area contributed by atoms with Gasteiger partial charge in [0.2, 0.25) is 0 Å². The molecule has 0 aromatic heterocycles. The molecule has 0 N–H and O–H groups in total.